The van der Waals surface area contributed by atoms with Gasteiger partial charge in [-0.3, -0.25) is 4.79 Å². The molecule has 0 atom stereocenters. The van der Waals surface area contributed by atoms with Crippen molar-refractivity contribution in [3.05, 3.63) is 0 Å². The third kappa shape index (κ3) is 3.88. The fourth-order valence-electron chi connectivity index (χ4n) is 2.78. The Hall–Kier alpha value is -0.753. The summed E-state index contributed by atoms with van der Waals surface area (Å²) in [7, 11) is -2.06. The molecule has 17 heavy (non-hydrogen) atoms. The lowest BCUT2D eigenvalue weighted by molar-refractivity contribution is -0.135. The predicted molar refractivity (Wildman–Crippen MR) is 75.2 cm³/mol. The molecule has 0 aliphatic rings. The van der Waals surface area contributed by atoms with Crippen molar-refractivity contribution in [2.45, 2.75) is 71.0 Å². The van der Waals surface area contributed by atoms with Gasteiger partial charge in [0.05, 0.1) is 6.42 Å². The lowest BCUT2D eigenvalue weighted by Gasteiger charge is -2.41. The first kappa shape index (κ1) is 16.2. The maximum Gasteiger partial charge on any atom is 0.293 e. The van der Waals surface area contributed by atoms with E-state index in [0.29, 0.717) is 29.5 Å². The van der Waals surface area contributed by atoms with E-state index < -0.39 is 8.32 Å². The Morgan fingerprint density at radius 1 is 1.12 bits per heavy atom. The molecule has 0 aromatic rings. The molecule has 3 heteroatoms. The summed E-state index contributed by atoms with van der Waals surface area (Å²) >= 11 is 0. The molecule has 0 aromatic carbocycles. The lowest BCUT2D eigenvalue weighted by atomic mass is 10.3. The summed E-state index contributed by atoms with van der Waals surface area (Å²) in [6.45, 7) is 13.0. The van der Waals surface area contributed by atoms with Crippen LogP contribution in [0.3, 0.4) is 0 Å². The molecule has 0 spiro atoms. The molecule has 0 bridgehead atoms. The first-order valence-corrected chi connectivity index (χ1v) is 8.58. The van der Waals surface area contributed by atoms with Gasteiger partial charge in [0.2, 0.25) is 0 Å². The van der Waals surface area contributed by atoms with Gasteiger partial charge in [-0.15, -0.1) is 12.3 Å². The maximum atomic E-state index is 11.8. The Morgan fingerprint density at radius 3 is 1.82 bits per heavy atom. The molecule has 0 amide bonds. The van der Waals surface area contributed by atoms with Crippen LogP contribution < -0.4 is 0 Å². The highest BCUT2D eigenvalue weighted by Gasteiger charge is 2.47. The molecule has 0 aliphatic carbocycles. The summed E-state index contributed by atoms with van der Waals surface area (Å²) in [5.41, 5.74) is 1.28. The molecule has 0 aliphatic heterocycles. The third-order valence-corrected chi connectivity index (χ3v) is 9.47. The number of hydrogen-bond donors (Lipinski definition) is 0. The molecule has 0 N–H and O–H groups in total. The summed E-state index contributed by atoms with van der Waals surface area (Å²) in [6, 6.07) is 0. The molecule has 0 saturated carbocycles. The Labute approximate surface area is 107 Å². The minimum Gasteiger partial charge on any atom is -0.518 e. The van der Waals surface area contributed by atoms with Gasteiger partial charge in [0.15, 0.2) is 0 Å². The molecule has 0 radical (unpaired) electrons. The maximum absolute atomic E-state index is 11.8. The van der Waals surface area contributed by atoms with Gasteiger partial charge >= 0.3 is 0 Å². The molecule has 0 heterocycles. The fourth-order valence-corrected chi connectivity index (χ4v) is 7.98. The van der Waals surface area contributed by atoms with Gasteiger partial charge in [-0.05, 0) is 16.6 Å². The highest BCUT2D eigenvalue weighted by Crippen LogP contribution is 2.42. The first-order chi connectivity index (χ1) is 7.78. The van der Waals surface area contributed by atoms with Crippen LogP contribution >= 0.6 is 0 Å². The van der Waals surface area contributed by atoms with Crippen LogP contribution in [0.15, 0.2) is 0 Å². The SMILES string of the molecule is C#CCCC(=O)O[Si](C(C)C)(C(C)C)C(C)C. The van der Waals surface area contributed by atoms with Crippen LogP contribution in [-0.4, -0.2) is 14.3 Å². The quantitative estimate of drug-likeness (QED) is 0.526. The summed E-state index contributed by atoms with van der Waals surface area (Å²) in [5, 5.41) is 0. The molecule has 0 rings (SSSR count). The van der Waals surface area contributed by atoms with Gasteiger partial charge in [0, 0.05) is 6.42 Å². The number of rotatable bonds is 6. The normalized spacial score (nSPS) is 12.0. The largest absolute Gasteiger partial charge is 0.518 e. The standard InChI is InChI=1S/C14H26O2Si/c1-8-9-10-14(15)16-17(11(2)3,12(4)5)13(6)7/h1,11-13H,9-10H2,2-7H3. The van der Waals surface area contributed by atoms with Crippen LogP contribution in [-0.2, 0) is 9.22 Å². The molecule has 0 unspecified atom stereocenters. The van der Waals surface area contributed by atoms with E-state index in [9.17, 15) is 4.79 Å². The van der Waals surface area contributed by atoms with Crippen molar-refractivity contribution in [2.75, 3.05) is 0 Å². The highest BCUT2D eigenvalue weighted by molar-refractivity contribution is 6.78. The summed E-state index contributed by atoms with van der Waals surface area (Å²) < 4.78 is 5.93. The molecule has 98 valence electrons. The van der Waals surface area contributed by atoms with Gasteiger partial charge in [-0.1, -0.05) is 41.5 Å². The van der Waals surface area contributed by atoms with Crippen LogP contribution in [0.5, 0.6) is 0 Å². The average molecular weight is 254 g/mol. The van der Waals surface area contributed by atoms with E-state index in [0.717, 1.165) is 0 Å². The van der Waals surface area contributed by atoms with Crippen molar-refractivity contribution in [1.29, 1.82) is 0 Å². The molecular weight excluding hydrogens is 228 g/mol. The van der Waals surface area contributed by atoms with Crippen LogP contribution in [0.4, 0.5) is 0 Å². The second-order valence-corrected chi connectivity index (χ2v) is 10.9. The van der Waals surface area contributed by atoms with Gasteiger partial charge in [0.25, 0.3) is 14.3 Å². The lowest BCUT2D eigenvalue weighted by Crippen LogP contribution is -2.49. The molecule has 0 fully saturated rings. The minimum atomic E-state index is -2.06. The second-order valence-electron chi connectivity index (χ2n) is 5.50. The van der Waals surface area contributed by atoms with E-state index in [2.05, 4.69) is 47.5 Å². The average Bonchev–Trinajstić information content (AvgIpc) is 2.21. The monoisotopic (exact) mass is 254 g/mol. The Kier molecular flexibility index (Phi) is 6.55. The van der Waals surface area contributed by atoms with Crippen LogP contribution in [0.1, 0.15) is 54.4 Å². The van der Waals surface area contributed by atoms with E-state index in [1.165, 1.54) is 0 Å². The van der Waals surface area contributed by atoms with E-state index in [-0.39, 0.29) is 5.97 Å². The van der Waals surface area contributed by atoms with Crippen molar-refractivity contribution < 1.29 is 9.22 Å². The van der Waals surface area contributed by atoms with Crippen LogP contribution in [0.2, 0.25) is 16.6 Å². The van der Waals surface area contributed by atoms with Gasteiger partial charge in [-0.25, -0.2) is 0 Å². The zero-order valence-corrected chi connectivity index (χ0v) is 13.0. The number of carbonyl (C=O) groups excluding carboxylic acids is 1. The van der Waals surface area contributed by atoms with Crippen molar-refractivity contribution >= 4 is 14.3 Å². The smallest absolute Gasteiger partial charge is 0.293 e. The fraction of sp³-hybridized carbons (Fsp3) is 0.786. The Balaban J connectivity index is 4.94. The van der Waals surface area contributed by atoms with Crippen molar-refractivity contribution in [1.82, 2.24) is 0 Å². The zero-order chi connectivity index (χ0) is 13.6. The molecule has 0 saturated heterocycles. The Bertz CT molecular complexity index is 265. The summed E-state index contributed by atoms with van der Waals surface area (Å²) in [6.07, 6.45) is 5.99. The Morgan fingerprint density at radius 2 is 1.53 bits per heavy atom. The highest BCUT2D eigenvalue weighted by atomic mass is 28.4. The van der Waals surface area contributed by atoms with E-state index in [1.54, 1.807) is 0 Å². The van der Waals surface area contributed by atoms with E-state index in [1.807, 2.05) is 0 Å². The van der Waals surface area contributed by atoms with E-state index >= 15 is 0 Å². The van der Waals surface area contributed by atoms with Gasteiger partial charge in [0.1, 0.15) is 0 Å². The summed E-state index contributed by atoms with van der Waals surface area (Å²) in [5.74, 6) is 2.37. The molecular formula is C14H26O2Si. The number of terminal acetylenes is 1. The van der Waals surface area contributed by atoms with Gasteiger partial charge in [-0.2, -0.15) is 0 Å². The number of carbonyl (C=O) groups is 1. The zero-order valence-electron chi connectivity index (χ0n) is 12.0. The molecule has 0 aromatic heterocycles. The minimum absolute atomic E-state index is 0.120. The third-order valence-electron chi connectivity index (χ3n) is 3.47. The summed E-state index contributed by atoms with van der Waals surface area (Å²) in [4.78, 5) is 11.8. The van der Waals surface area contributed by atoms with Crippen molar-refractivity contribution in [2.24, 2.45) is 0 Å². The predicted octanol–water partition coefficient (Wildman–Crippen LogP) is 4.12. The van der Waals surface area contributed by atoms with Crippen molar-refractivity contribution in [3.8, 4) is 12.3 Å². The topological polar surface area (TPSA) is 26.3 Å². The second kappa shape index (κ2) is 6.86. The van der Waals surface area contributed by atoms with Crippen molar-refractivity contribution in [3.63, 3.8) is 0 Å². The van der Waals surface area contributed by atoms with Crippen LogP contribution in [0, 0.1) is 12.3 Å². The van der Waals surface area contributed by atoms with Gasteiger partial charge < -0.3 is 4.43 Å². The van der Waals surface area contributed by atoms with Crippen LogP contribution in [0.25, 0.3) is 0 Å². The van der Waals surface area contributed by atoms with E-state index in [4.69, 9.17) is 10.8 Å². The first-order valence-electron chi connectivity index (χ1n) is 6.44. The number of hydrogen-bond acceptors (Lipinski definition) is 2. The molecule has 2 nitrogen and oxygen atoms in total.